The summed E-state index contributed by atoms with van der Waals surface area (Å²) >= 11 is 0. The Morgan fingerprint density at radius 1 is 1.26 bits per heavy atom. The van der Waals surface area contributed by atoms with Crippen molar-refractivity contribution in [3.63, 3.8) is 0 Å². The quantitative estimate of drug-likeness (QED) is 0.785. The van der Waals surface area contributed by atoms with Crippen molar-refractivity contribution in [3.8, 4) is 0 Å². The molecular weight excluding hydrogens is 242 g/mol. The van der Waals surface area contributed by atoms with Crippen molar-refractivity contribution in [2.24, 2.45) is 5.41 Å². The Kier molecular flexibility index (Phi) is 3.54. The van der Waals surface area contributed by atoms with E-state index in [1.54, 1.807) is 14.2 Å². The number of piperidine rings is 1. The SMILES string of the molecule is COC1C2C(C)OC1(C(C)(C)OC)C(C)(C)CN2C. The van der Waals surface area contributed by atoms with Crippen molar-refractivity contribution < 1.29 is 14.2 Å². The Balaban J connectivity index is 2.59. The van der Waals surface area contributed by atoms with Gasteiger partial charge in [-0.1, -0.05) is 13.8 Å². The minimum atomic E-state index is -0.430. The van der Waals surface area contributed by atoms with Crippen LogP contribution in [-0.2, 0) is 14.2 Å². The number of methoxy groups -OCH3 is 2. The molecular formula is C15H29NO3. The van der Waals surface area contributed by atoms with Gasteiger partial charge in [-0.25, -0.2) is 0 Å². The molecule has 0 amide bonds. The Bertz CT molecular complexity index is 355. The summed E-state index contributed by atoms with van der Waals surface area (Å²) in [6, 6.07) is 0.285. The number of likely N-dealkylation sites (N-methyl/N-ethyl adjacent to an activating group) is 1. The average molecular weight is 271 g/mol. The summed E-state index contributed by atoms with van der Waals surface area (Å²) in [6.07, 6.45) is 0.164. The highest BCUT2D eigenvalue weighted by atomic mass is 16.6. The molecule has 0 aliphatic carbocycles. The molecule has 2 aliphatic heterocycles. The second-order valence-electron chi connectivity index (χ2n) is 7.22. The smallest absolute Gasteiger partial charge is 0.131 e. The lowest BCUT2D eigenvalue weighted by Gasteiger charge is -2.58. The number of ether oxygens (including phenoxy) is 3. The molecule has 19 heavy (non-hydrogen) atoms. The van der Waals surface area contributed by atoms with Crippen molar-refractivity contribution in [2.45, 2.75) is 64.1 Å². The van der Waals surface area contributed by atoms with Gasteiger partial charge in [0.25, 0.3) is 0 Å². The Morgan fingerprint density at radius 2 is 1.84 bits per heavy atom. The third-order valence-electron chi connectivity index (χ3n) is 5.38. The van der Waals surface area contributed by atoms with Crippen molar-refractivity contribution in [2.75, 3.05) is 27.8 Å². The largest absolute Gasteiger partial charge is 0.377 e. The van der Waals surface area contributed by atoms with Crippen LogP contribution in [0.4, 0.5) is 0 Å². The number of nitrogens with zero attached hydrogens (tertiary/aromatic N) is 1. The van der Waals surface area contributed by atoms with Crippen molar-refractivity contribution in [3.05, 3.63) is 0 Å². The molecule has 0 aromatic rings. The zero-order valence-corrected chi connectivity index (χ0v) is 13.6. The Morgan fingerprint density at radius 3 is 2.32 bits per heavy atom. The monoisotopic (exact) mass is 271 g/mol. The fourth-order valence-electron chi connectivity index (χ4n) is 4.65. The van der Waals surface area contributed by atoms with E-state index >= 15 is 0 Å². The highest BCUT2D eigenvalue weighted by Gasteiger charge is 2.71. The van der Waals surface area contributed by atoms with Gasteiger partial charge in [0.15, 0.2) is 0 Å². The van der Waals surface area contributed by atoms with E-state index in [9.17, 15) is 0 Å². The number of fused-ring (bicyclic) bond motifs is 2. The summed E-state index contributed by atoms with van der Waals surface area (Å²) in [5.41, 5.74) is -0.884. The Labute approximate surface area is 117 Å². The van der Waals surface area contributed by atoms with Gasteiger partial charge >= 0.3 is 0 Å². The van der Waals surface area contributed by atoms with Crippen LogP contribution in [0.15, 0.2) is 0 Å². The highest BCUT2D eigenvalue weighted by molar-refractivity contribution is 5.22. The van der Waals surface area contributed by atoms with Crippen LogP contribution >= 0.6 is 0 Å². The molecule has 2 heterocycles. The van der Waals surface area contributed by atoms with Gasteiger partial charge in [0, 0.05) is 26.2 Å². The first-order valence-electron chi connectivity index (χ1n) is 7.10. The molecule has 0 spiro atoms. The molecule has 2 saturated heterocycles. The van der Waals surface area contributed by atoms with Crippen LogP contribution in [0.5, 0.6) is 0 Å². The highest BCUT2D eigenvalue weighted by Crippen LogP contribution is 2.56. The summed E-state index contributed by atoms with van der Waals surface area (Å²) in [4.78, 5) is 2.37. The molecule has 0 aromatic heterocycles. The molecule has 4 atom stereocenters. The third-order valence-corrected chi connectivity index (χ3v) is 5.38. The van der Waals surface area contributed by atoms with Gasteiger partial charge in [0.05, 0.1) is 17.7 Å². The van der Waals surface area contributed by atoms with Crippen LogP contribution in [0.2, 0.25) is 0 Å². The Hall–Kier alpha value is -0.160. The molecule has 0 aromatic carbocycles. The molecule has 4 nitrogen and oxygen atoms in total. The maximum absolute atomic E-state index is 6.53. The van der Waals surface area contributed by atoms with Gasteiger partial charge in [-0.15, -0.1) is 0 Å². The van der Waals surface area contributed by atoms with Crippen LogP contribution in [0.3, 0.4) is 0 Å². The maximum atomic E-state index is 6.53. The van der Waals surface area contributed by atoms with Crippen molar-refractivity contribution in [1.29, 1.82) is 0 Å². The fraction of sp³-hybridized carbons (Fsp3) is 1.00. The van der Waals surface area contributed by atoms with Crippen LogP contribution in [0.25, 0.3) is 0 Å². The number of hydrogen-bond donors (Lipinski definition) is 0. The zero-order valence-electron chi connectivity index (χ0n) is 13.6. The summed E-state index contributed by atoms with van der Waals surface area (Å²) < 4.78 is 18.3. The molecule has 2 aliphatic rings. The third kappa shape index (κ3) is 1.73. The number of likely N-dealkylation sites (tertiary alicyclic amines) is 1. The van der Waals surface area contributed by atoms with Crippen molar-refractivity contribution in [1.82, 2.24) is 4.90 Å². The minimum absolute atomic E-state index is 0.0196. The van der Waals surface area contributed by atoms with E-state index in [-0.39, 0.29) is 23.7 Å². The van der Waals surface area contributed by atoms with E-state index in [1.165, 1.54) is 0 Å². The standard InChI is InChI=1S/C15H29NO3/c1-10-11-12(17-7)15(19-10,14(4,5)18-8)13(2,3)9-16(11)6/h10-12H,9H2,1-8H3. The summed E-state index contributed by atoms with van der Waals surface area (Å²) in [6.45, 7) is 11.9. The fourth-order valence-corrected chi connectivity index (χ4v) is 4.65. The first-order valence-corrected chi connectivity index (χ1v) is 7.10. The lowest BCUT2D eigenvalue weighted by molar-refractivity contribution is -0.262. The van der Waals surface area contributed by atoms with E-state index < -0.39 is 11.2 Å². The predicted molar refractivity (Wildman–Crippen MR) is 75.4 cm³/mol. The molecule has 2 bridgehead atoms. The first-order chi connectivity index (χ1) is 8.64. The van der Waals surface area contributed by atoms with E-state index in [0.717, 1.165) is 6.54 Å². The van der Waals surface area contributed by atoms with Gasteiger partial charge in [-0.05, 0) is 27.8 Å². The predicted octanol–water partition coefficient (Wildman–Crippen LogP) is 1.92. The molecule has 0 saturated carbocycles. The molecule has 4 unspecified atom stereocenters. The van der Waals surface area contributed by atoms with E-state index in [2.05, 4.69) is 46.6 Å². The lowest BCUT2D eigenvalue weighted by atomic mass is 9.60. The van der Waals surface area contributed by atoms with Gasteiger partial charge in [0.1, 0.15) is 11.7 Å². The first kappa shape index (κ1) is 15.2. The van der Waals surface area contributed by atoms with E-state index in [1.807, 2.05) is 0 Å². The van der Waals surface area contributed by atoms with Crippen molar-refractivity contribution >= 4 is 0 Å². The number of rotatable bonds is 3. The maximum Gasteiger partial charge on any atom is 0.131 e. The summed E-state index contributed by atoms with van der Waals surface area (Å²) in [5, 5.41) is 0. The lowest BCUT2D eigenvalue weighted by Crippen LogP contribution is -2.73. The molecule has 0 N–H and O–H groups in total. The second kappa shape index (κ2) is 4.42. The molecule has 4 heteroatoms. The molecule has 2 fully saturated rings. The zero-order chi connectivity index (χ0) is 14.6. The summed E-state index contributed by atoms with van der Waals surface area (Å²) in [5.74, 6) is 0. The topological polar surface area (TPSA) is 30.9 Å². The van der Waals surface area contributed by atoms with Crippen LogP contribution in [0.1, 0.15) is 34.6 Å². The van der Waals surface area contributed by atoms with Gasteiger partial charge in [0.2, 0.25) is 0 Å². The number of hydrogen-bond acceptors (Lipinski definition) is 4. The summed E-state index contributed by atoms with van der Waals surface area (Å²) in [7, 11) is 5.71. The molecule has 2 rings (SSSR count). The van der Waals surface area contributed by atoms with Crippen LogP contribution in [0, 0.1) is 5.41 Å². The molecule has 0 radical (unpaired) electrons. The average Bonchev–Trinajstić information content (AvgIpc) is 2.58. The normalized spacial score (nSPS) is 42.6. The van der Waals surface area contributed by atoms with E-state index in [0.29, 0.717) is 0 Å². The second-order valence-corrected chi connectivity index (χ2v) is 7.22. The van der Waals surface area contributed by atoms with Gasteiger partial charge in [-0.3, -0.25) is 4.90 Å². The van der Waals surface area contributed by atoms with Crippen LogP contribution in [-0.4, -0.2) is 62.2 Å². The van der Waals surface area contributed by atoms with E-state index in [4.69, 9.17) is 14.2 Å². The van der Waals surface area contributed by atoms with Gasteiger partial charge in [-0.2, -0.15) is 0 Å². The van der Waals surface area contributed by atoms with Gasteiger partial charge < -0.3 is 14.2 Å². The van der Waals surface area contributed by atoms with Crippen LogP contribution < -0.4 is 0 Å². The molecule has 112 valence electrons. The minimum Gasteiger partial charge on any atom is -0.377 e.